The third-order valence-corrected chi connectivity index (χ3v) is 4.44. The van der Waals surface area contributed by atoms with E-state index in [0.717, 1.165) is 19.4 Å². The fourth-order valence-electron chi connectivity index (χ4n) is 2.39. The van der Waals surface area contributed by atoms with Crippen LogP contribution in [-0.2, 0) is 6.42 Å². The van der Waals surface area contributed by atoms with Gasteiger partial charge >= 0.3 is 0 Å². The first-order valence-corrected chi connectivity index (χ1v) is 8.11. The van der Waals surface area contributed by atoms with Crippen LogP contribution in [0.25, 0.3) is 0 Å². The lowest BCUT2D eigenvalue weighted by molar-refractivity contribution is 0.517. The smallest absolute Gasteiger partial charge is 0.0364 e. The summed E-state index contributed by atoms with van der Waals surface area (Å²) in [6.07, 6.45) is 2.28. The highest BCUT2D eigenvalue weighted by molar-refractivity contribution is 7.09. The third kappa shape index (κ3) is 4.09. The fourth-order valence-corrected chi connectivity index (χ4v) is 3.12. The van der Waals surface area contributed by atoms with Crippen LogP contribution in [0.1, 0.15) is 29.8 Å². The van der Waals surface area contributed by atoms with Gasteiger partial charge in [0.15, 0.2) is 0 Å². The van der Waals surface area contributed by atoms with Crippen molar-refractivity contribution in [3.8, 4) is 0 Å². The Kier molecular flexibility index (Phi) is 5.62. The highest BCUT2D eigenvalue weighted by Gasteiger charge is 2.11. The van der Waals surface area contributed by atoms with Crippen molar-refractivity contribution >= 4 is 17.0 Å². The second-order valence-electron chi connectivity index (χ2n) is 5.22. The van der Waals surface area contributed by atoms with Gasteiger partial charge in [0.2, 0.25) is 0 Å². The molecule has 0 fully saturated rings. The molecule has 1 heterocycles. The van der Waals surface area contributed by atoms with Crippen LogP contribution in [0, 0.1) is 0 Å². The molecular weight excluding hydrogens is 264 g/mol. The zero-order valence-electron chi connectivity index (χ0n) is 12.6. The van der Waals surface area contributed by atoms with Gasteiger partial charge in [-0.3, -0.25) is 0 Å². The van der Waals surface area contributed by atoms with Crippen molar-refractivity contribution in [3.05, 3.63) is 52.2 Å². The number of benzene rings is 1. The molecule has 108 valence electrons. The summed E-state index contributed by atoms with van der Waals surface area (Å²) in [5, 5.41) is 5.77. The van der Waals surface area contributed by atoms with E-state index < -0.39 is 0 Å². The zero-order chi connectivity index (χ0) is 14.4. The maximum atomic E-state index is 3.61. The number of nitrogens with one attached hydrogen (secondary N) is 1. The summed E-state index contributed by atoms with van der Waals surface area (Å²) >= 11 is 1.85. The van der Waals surface area contributed by atoms with E-state index in [1.165, 1.54) is 16.1 Å². The summed E-state index contributed by atoms with van der Waals surface area (Å²) in [7, 11) is 4.18. The van der Waals surface area contributed by atoms with Crippen LogP contribution in [0.4, 0.5) is 5.69 Å². The van der Waals surface area contributed by atoms with Gasteiger partial charge in [0.05, 0.1) is 0 Å². The molecule has 0 saturated carbocycles. The number of aryl methyl sites for hydroxylation is 1. The van der Waals surface area contributed by atoms with Gasteiger partial charge in [-0.15, -0.1) is 11.3 Å². The highest BCUT2D eigenvalue weighted by atomic mass is 32.1. The largest absolute Gasteiger partial charge is 0.378 e. The molecule has 0 bridgehead atoms. The molecule has 1 N–H and O–H groups in total. The van der Waals surface area contributed by atoms with Crippen LogP contribution in [0.15, 0.2) is 41.8 Å². The SMILES string of the molecule is CCNC(CCc1cccs1)c1cccc(N(C)C)c1. The first kappa shape index (κ1) is 15.1. The van der Waals surface area contributed by atoms with Gasteiger partial charge in [-0.05, 0) is 48.5 Å². The van der Waals surface area contributed by atoms with Crippen LogP contribution in [0.3, 0.4) is 0 Å². The number of anilines is 1. The summed E-state index contributed by atoms with van der Waals surface area (Å²) in [6, 6.07) is 13.6. The molecule has 0 aliphatic rings. The normalized spacial score (nSPS) is 12.3. The lowest BCUT2D eigenvalue weighted by Crippen LogP contribution is -2.22. The number of nitrogens with zero attached hydrogens (tertiary/aromatic N) is 1. The quantitative estimate of drug-likeness (QED) is 0.825. The lowest BCUT2D eigenvalue weighted by Gasteiger charge is -2.20. The minimum Gasteiger partial charge on any atom is -0.378 e. The Morgan fingerprint density at radius 2 is 2.05 bits per heavy atom. The molecule has 0 aliphatic carbocycles. The van der Waals surface area contributed by atoms with Crippen LogP contribution in [0.5, 0.6) is 0 Å². The summed E-state index contributed by atoms with van der Waals surface area (Å²) in [4.78, 5) is 3.63. The van der Waals surface area contributed by atoms with E-state index in [0.29, 0.717) is 6.04 Å². The molecule has 1 unspecified atom stereocenters. The predicted molar refractivity (Wildman–Crippen MR) is 89.8 cm³/mol. The Labute approximate surface area is 126 Å². The van der Waals surface area contributed by atoms with E-state index in [2.05, 4.69) is 73.0 Å². The van der Waals surface area contributed by atoms with E-state index in [-0.39, 0.29) is 0 Å². The van der Waals surface area contributed by atoms with Gasteiger partial charge in [-0.25, -0.2) is 0 Å². The monoisotopic (exact) mass is 288 g/mol. The Hall–Kier alpha value is -1.32. The van der Waals surface area contributed by atoms with Crippen LogP contribution in [0.2, 0.25) is 0 Å². The predicted octanol–water partition coefficient (Wildman–Crippen LogP) is 4.10. The van der Waals surface area contributed by atoms with Crippen molar-refractivity contribution in [2.75, 3.05) is 25.5 Å². The van der Waals surface area contributed by atoms with Crippen molar-refractivity contribution in [3.63, 3.8) is 0 Å². The van der Waals surface area contributed by atoms with Gasteiger partial charge in [0.1, 0.15) is 0 Å². The minimum absolute atomic E-state index is 0.432. The average Bonchev–Trinajstić information content (AvgIpc) is 2.97. The number of hydrogen-bond donors (Lipinski definition) is 1. The molecule has 2 nitrogen and oxygen atoms in total. The number of hydrogen-bond acceptors (Lipinski definition) is 3. The van der Waals surface area contributed by atoms with Crippen LogP contribution >= 0.6 is 11.3 Å². The van der Waals surface area contributed by atoms with Crippen molar-refractivity contribution in [1.29, 1.82) is 0 Å². The third-order valence-electron chi connectivity index (χ3n) is 3.50. The molecular formula is C17H24N2S. The molecule has 1 aromatic carbocycles. The fraction of sp³-hybridized carbons (Fsp3) is 0.412. The van der Waals surface area contributed by atoms with Gasteiger partial charge in [-0.1, -0.05) is 25.1 Å². The Bertz CT molecular complexity index is 505. The molecule has 3 heteroatoms. The first-order valence-electron chi connectivity index (χ1n) is 7.23. The van der Waals surface area contributed by atoms with Gasteiger partial charge < -0.3 is 10.2 Å². The average molecular weight is 288 g/mol. The van der Waals surface area contributed by atoms with E-state index in [1.54, 1.807) is 0 Å². The molecule has 1 aromatic heterocycles. The zero-order valence-corrected chi connectivity index (χ0v) is 13.4. The van der Waals surface area contributed by atoms with Crippen molar-refractivity contribution in [2.45, 2.75) is 25.8 Å². The first-order chi connectivity index (χ1) is 9.70. The van der Waals surface area contributed by atoms with Crippen LogP contribution < -0.4 is 10.2 Å². The van der Waals surface area contributed by atoms with Crippen LogP contribution in [-0.4, -0.2) is 20.6 Å². The standard InChI is InChI=1S/C17H24N2S/c1-4-18-17(11-10-16-9-6-12-20-16)14-7-5-8-15(13-14)19(2)3/h5-9,12-13,17-18H,4,10-11H2,1-3H3. The molecule has 0 spiro atoms. The number of rotatable bonds is 7. The second-order valence-corrected chi connectivity index (χ2v) is 6.25. The molecule has 20 heavy (non-hydrogen) atoms. The summed E-state index contributed by atoms with van der Waals surface area (Å²) < 4.78 is 0. The number of thiophene rings is 1. The lowest BCUT2D eigenvalue weighted by atomic mass is 10.0. The maximum Gasteiger partial charge on any atom is 0.0364 e. The summed E-state index contributed by atoms with van der Waals surface area (Å²) in [5.41, 5.74) is 2.65. The summed E-state index contributed by atoms with van der Waals surface area (Å²) in [5.74, 6) is 0. The van der Waals surface area contributed by atoms with Gasteiger partial charge in [-0.2, -0.15) is 0 Å². The Morgan fingerprint density at radius 3 is 2.70 bits per heavy atom. The van der Waals surface area contributed by atoms with E-state index in [1.807, 2.05) is 11.3 Å². The van der Waals surface area contributed by atoms with Crippen molar-refractivity contribution in [2.24, 2.45) is 0 Å². The van der Waals surface area contributed by atoms with Gasteiger partial charge in [0.25, 0.3) is 0 Å². The Balaban J connectivity index is 2.08. The molecule has 2 rings (SSSR count). The molecule has 1 atom stereocenters. The highest BCUT2D eigenvalue weighted by Crippen LogP contribution is 2.24. The Morgan fingerprint density at radius 1 is 1.20 bits per heavy atom. The van der Waals surface area contributed by atoms with E-state index in [9.17, 15) is 0 Å². The van der Waals surface area contributed by atoms with E-state index >= 15 is 0 Å². The summed E-state index contributed by atoms with van der Waals surface area (Å²) in [6.45, 7) is 3.18. The molecule has 2 aromatic rings. The molecule has 0 aliphatic heterocycles. The topological polar surface area (TPSA) is 15.3 Å². The van der Waals surface area contributed by atoms with E-state index in [4.69, 9.17) is 0 Å². The maximum absolute atomic E-state index is 3.61. The minimum atomic E-state index is 0.432. The molecule has 0 amide bonds. The molecule has 0 radical (unpaired) electrons. The van der Waals surface area contributed by atoms with Crippen molar-refractivity contribution < 1.29 is 0 Å². The second kappa shape index (κ2) is 7.46. The van der Waals surface area contributed by atoms with Crippen molar-refractivity contribution in [1.82, 2.24) is 5.32 Å². The van der Waals surface area contributed by atoms with Gasteiger partial charge in [0, 0.05) is 30.7 Å². The molecule has 0 saturated heterocycles.